The normalized spacial score (nSPS) is 10.8. The number of non-ortho nitro benzene ring substituents is 1. The zero-order valence-corrected chi connectivity index (χ0v) is 22.2. The number of nitrogens with one attached hydrogen (secondary N) is 1. The van der Waals surface area contributed by atoms with Gasteiger partial charge in [0.25, 0.3) is 11.6 Å². The summed E-state index contributed by atoms with van der Waals surface area (Å²) in [6.07, 6.45) is 1.20. The Morgan fingerprint density at radius 1 is 1.03 bits per heavy atom. The number of rotatable bonds is 9. The van der Waals surface area contributed by atoms with Crippen molar-refractivity contribution in [1.82, 2.24) is 5.43 Å². The van der Waals surface area contributed by atoms with Gasteiger partial charge in [0.1, 0.15) is 10.7 Å². The van der Waals surface area contributed by atoms with Gasteiger partial charge in [0.15, 0.2) is 12.4 Å². The van der Waals surface area contributed by atoms with E-state index in [1.54, 1.807) is 6.07 Å². The molecule has 13 nitrogen and oxygen atoms in total. The molecule has 0 bridgehead atoms. The van der Waals surface area contributed by atoms with Crippen molar-refractivity contribution in [3.05, 3.63) is 87.4 Å². The second kappa shape index (κ2) is 11.9. The van der Waals surface area contributed by atoms with Crippen LogP contribution in [0.5, 0.6) is 11.5 Å². The molecule has 0 unspecified atom stereocenters. The molecule has 3 aromatic rings. The SMILES string of the molecule is O=C(COc1ccc([N+](=O)[O-])cc1Br)NN=Cc1cc(Br)cc(Br)c1OC(=O)c1ccc([N+](=O)[O-])o1. The van der Waals surface area contributed by atoms with E-state index in [1.165, 1.54) is 30.5 Å². The van der Waals surface area contributed by atoms with Gasteiger partial charge in [0, 0.05) is 22.2 Å². The second-order valence-electron chi connectivity index (χ2n) is 6.54. The second-order valence-corrected chi connectivity index (χ2v) is 9.17. The van der Waals surface area contributed by atoms with Gasteiger partial charge >= 0.3 is 11.9 Å². The summed E-state index contributed by atoms with van der Waals surface area (Å²) in [7, 11) is 0. The molecule has 0 fully saturated rings. The number of hydrogen-bond acceptors (Lipinski definition) is 10. The van der Waals surface area contributed by atoms with Gasteiger partial charge in [0.2, 0.25) is 5.76 Å². The van der Waals surface area contributed by atoms with Gasteiger partial charge in [-0.05, 0) is 56.1 Å². The maximum Gasteiger partial charge on any atom is 0.433 e. The molecule has 0 radical (unpaired) electrons. The summed E-state index contributed by atoms with van der Waals surface area (Å²) in [5, 5.41) is 25.4. The molecule has 16 heteroatoms. The summed E-state index contributed by atoms with van der Waals surface area (Å²) in [5.41, 5.74) is 2.34. The molecule has 0 spiro atoms. The first-order valence-corrected chi connectivity index (χ1v) is 11.8. The van der Waals surface area contributed by atoms with Crippen LogP contribution in [0.15, 0.2) is 65.4 Å². The van der Waals surface area contributed by atoms with Crippen LogP contribution in [0, 0.1) is 20.2 Å². The molecule has 2 aromatic carbocycles. The molecule has 1 N–H and O–H groups in total. The molecule has 0 atom stereocenters. The number of amides is 1. The Hall–Kier alpha value is -3.63. The fourth-order valence-electron chi connectivity index (χ4n) is 2.53. The van der Waals surface area contributed by atoms with E-state index >= 15 is 0 Å². The minimum Gasteiger partial charge on any atom is -0.483 e. The molecule has 36 heavy (non-hydrogen) atoms. The molecule has 3 rings (SSSR count). The van der Waals surface area contributed by atoms with Crippen molar-refractivity contribution >= 4 is 77.5 Å². The number of halogens is 3. The average molecular weight is 691 g/mol. The molecule has 0 aliphatic heterocycles. The molecular weight excluding hydrogens is 680 g/mol. The van der Waals surface area contributed by atoms with Crippen LogP contribution in [0.25, 0.3) is 0 Å². The minimum atomic E-state index is -0.994. The van der Waals surface area contributed by atoms with Gasteiger partial charge in [-0.15, -0.1) is 0 Å². The summed E-state index contributed by atoms with van der Waals surface area (Å²) in [5.74, 6) is -2.43. The average Bonchev–Trinajstić information content (AvgIpc) is 3.31. The van der Waals surface area contributed by atoms with Crippen molar-refractivity contribution < 1.29 is 33.3 Å². The lowest BCUT2D eigenvalue weighted by molar-refractivity contribution is -0.402. The zero-order chi connectivity index (χ0) is 26.4. The van der Waals surface area contributed by atoms with Crippen LogP contribution < -0.4 is 14.9 Å². The number of furan rings is 1. The number of esters is 1. The van der Waals surface area contributed by atoms with Crippen LogP contribution in [0.3, 0.4) is 0 Å². The predicted octanol–water partition coefficient (Wildman–Crippen LogP) is 5.13. The number of ether oxygens (including phenoxy) is 2. The molecular formula is C20H11Br3N4O9. The first-order chi connectivity index (χ1) is 17.0. The maximum atomic E-state index is 12.4. The van der Waals surface area contributed by atoms with E-state index in [9.17, 15) is 29.8 Å². The Morgan fingerprint density at radius 2 is 1.78 bits per heavy atom. The third-order valence-corrected chi connectivity index (χ3v) is 5.75. The van der Waals surface area contributed by atoms with Crippen molar-refractivity contribution in [3.63, 3.8) is 0 Å². The number of nitro groups is 2. The van der Waals surface area contributed by atoms with Crippen molar-refractivity contribution in [3.8, 4) is 11.5 Å². The molecule has 1 aromatic heterocycles. The van der Waals surface area contributed by atoms with Crippen LogP contribution in [-0.2, 0) is 4.79 Å². The van der Waals surface area contributed by atoms with Crippen LogP contribution in [0.2, 0.25) is 0 Å². The monoisotopic (exact) mass is 688 g/mol. The first kappa shape index (κ1) is 27.0. The number of hydrazone groups is 1. The van der Waals surface area contributed by atoms with Crippen molar-refractivity contribution in [2.24, 2.45) is 5.10 Å². The standard InChI is InChI=1S/C20H11Br3N4O9/c21-11-5-10(19(14(23)6-11)36-20(29)16-3-4-18(35-16)27(32)33)8-24-25-17(28)9-34-15-2-1-12(26(30)31)7-13(15)22/h1-8H,9H2,(H,25,28). The Morgan fingerprint density at radius 3 is 2.42 bits per heavy atom. The predicted molar refractivity (Wildman–Crippen MR) is 134 cm³/mol. The van der Waals surface area contributed by atoms with Gasteiger partial charge in [-0.1, -0.05) is 15.9 Å². The summed E-state index contributed by atoms with van der Waals surface area (Å²) in [6, 6.07) is 9.04. The van der Waals surface area contributed by atoms with Gasteiger partial charge in [-0.2, -0.15) is 5.10 Å². The van der Waals surface area contributed by atoms with Crippen LogP contribution in [0.1, 0.15) is 16.1 Å². The lowest BCUT2D eigenvalue weighted by Gasteiger charge is -2.09. The van der Waals surface area contributed by atoms with E-state index in [0.717, 1.165) is 12.1 Å². The highest BCUT2D eigenvalue weighted by atomic mass is 79.9. The number of hydrogen-bond donors (Lipinski definition) is 1. The number of nitro benzene ring substituents is 1. The summed E-state index contributed by atoms with van der Waals surface area (Å²) in [4.78, 5) is 44.7. The van der Waals surface area contributed by atoms with E-state index in [-0.39, 0.29) is 28.5 Å². The van der Waals surface area contributed by atoms with Crippen molar-refractivity contribution in [2.45, 2.75) is 0 Å². The highest BCUT2D eigenvalue weighted by Gasteiger charge is 2.21. The van der Waals surface area contributed by atoms with E-state index in [4.69, 9.17) is 13.9 Å². The highest BCUT2D eigenvalue weighted by molar-refractivity contribution is 9.11. The van der Waals surface area contributed by atoms with Gasteiger partial charge < -0.3 is 13.9 Å². The van der Waals surface area contributed by atoms with Crippen LogP contribution in [-0.4, -0.2) is 34.5 Å². The lowest BCUT2D eigenvalue weighted by Crippen LogP contribution is -2.24. The quantitative estimate of drug-likeness (QED) is 0.105. The molecule has 0 aliphatic rings. The topological polar surface area (TPSA) is 176 Å². The van der Waals surface area contributed by atoms with Gasteiger partial charge in [-0.3, -0.25) is 25.0 Å². The number of benzene rings is 2. The van der Waals surface area contributed by atoms with Gasteiger partial charge in [0.05, 0.1) is 26.1 Å². The number of carbonyl (C=O) groups is 2. The molecule has 1 amide bonds. The van der Waals surface area contributed by atoms with E-state index in [1.807, 2.05) is 0 Å². The van der Waals surface area contributed by atoms with Crippen molar-refractivity contribution in [2.75, 3.05) is 6.61 Å². The van der Waals surface area contributed by atoms with Crippen LogP contribution >= 0.6 is 47.8 Å². The fourth-order valence-corrected chi connectivity index (χ4v) is 4.35. The Labute approximate surface area is 226 Å². The third-order valence-electron chi connectivity index (χ3n) is 4.08. The van der Waals surface area contributed by atoms with E-state index < -0.39 is 34.2 Å². The number of nitrogens with zero attached hydrogens (tertiary/aromatic N) is 3. The fraction of sp³-hybridized carbons (Fsp3) is 0.0500. The molecule has 1 heterocycles. The zero-order valence-electron chi connectivity index (χ0n) is 17.5. The largest absolute Gasteiger partial charge is 0.483 e. The lowest BCUT2D eigenvalue weighted by atomic mass is 10.2. The summed E-state index contributed by atoms with van der Waals surface area (Å²) in [6.45, 7) is -0.449. The summed E-state index contributed by atoms with van der Waals surface area (Å²) >= 11 is 9.68. The molecule has 0 aliphatic carbocycles. The maximum absolute atomic E-state index is 12.4. The number of carbonyl (C=O) groups excluding carboxylic acids is 2. The molecule has 186 valence electrons. The molecule has 0 saturated carbocycles. The van der Waals surface area contributed by atoms with E-state index in [2.05, 4.69) is 58.3 Å². The van der Waals surface area contributed by atoms with Crippen LogP contribution in [0.4, 0.5) is 11.6 Å². The van der Waals surface area contributed by atoms with E-state index in [0.29, 0.717) is 13.4 Å². The molecule has 0 saturated heterocycles. The Balaban J connectivity index is 1.66. The van der Waals surface area contributed by atoms with Crippen molar-refractivity contribution in [1.29, 1.82) is 0 Å². The Bertz CT molecular complexity index is 1390. The third kappa shape index (κ3) is 6.96. The van der Waals surface area contributed by atoms with Gasteiger partial charge in [-0.25, -0.2) is 10.2 Å². The summed E-state index contributed by atoms with van der Waals surface area (Å²) < 4.78 is 16.7. The minimum absolute atomic E-state index is 0.00584. The Kier molecular flexibility index (Phi) is 8.89. The smallest absolute Gasteiger partial charge is 0.433 e. The first-order valence-electron chi connectivity index (χ1n) is 9.39. The highest BCUT2D eigenvalue weighted by Crippen LogP contribution is 2.33.